The fourth-order valence-electron chi connectivity index (χ4n) is 3.78. The molecule has 1 N–H and O–H groups in total. The van der Waals surface area contributed by atoms with E-state index in [0.717, 1.165) is 29.8 Å². The van der Waals surface area contributed by atoms with Gasteiger partial charge in [-0.2, -0.15) is 13.2 Å². The predicted octanol–water partition coefficient (Wildman–Crippen LogP) is 5.93. The van der Waals surface area contributed by atoms with E-state index in [0.29, 0.717) is 37.4 Å². The molecule has 34 heavy (non-hydrogen) atoms. The number of halogens is 4. The minimum absolute atomic E-state index is 0.0608. The van der Waals surface area contributed by atoms with Gasteiger partial charge in [-0.15, -0.1) is 0 Å². The Morgan fingerprint density at radius 2 is 1.59 bits per heavy atom. The number of carbonyl (C=O) groups is 2. The van der Waals surface area contributed by atoms with E-state index in [1.807, 2.05) is 0 Å². The van der Waals surface area contributed by atoms with Gasteiger partial charge in [0.15, 0.2) is 0 Å². The van der Waals surface area contributed by atoms with Crippen molar-refractivity contribution in [2.24, 2.45) is 0 Å². The lowest BCUT2D eigenvalue weighted by Crippen LogP contribution is -2.49. The van der Waals surface area contributed by atoms with Gasteiger partial charge in [-0.05, 0) is 60.5 Å². The summed E-state index contributed by atoms with van der Waals surface area (Å²) in [7, 11) is 0. The summed E-state index contributed by atoms with van der Waals surface area (Å²) < 4.78 is 51.6. The highest BCUT2D eigenvalue weighted by atomic mass is 19.4. The molecule has 3 aromatic carbocycles. The van der Waals surface area contributed by atoms with Crippen LogP contribution in [0.3, 0.4) is 0 Å². The highest BCUT2D eigenvalue weighted by Gasteiger charge is 2.31. The minimum Gasteiger partial charge on any atom is -0.320 e. The van der Waals surface area contributed by atoms with Crippen LogP contribution in [0.4, 0.5) is 33.7 Å². The number of hydrogen-bond acceptors (Lipinski definition) is 2. The summed E-state index contributed by atoms with van der Waals surface area (Å²) in [5, 5.41) is 2.70. The molecule has 3 amide bonds. The molecule has 1 heterocycles. The molecule has 9 heteroatoms. The van der Waals surface area contributed by atoms with Gasteiger partial charge in [0.25, 0.3) is 5.91 Å². The molecule has 1 fully saturated rings. The number of nitrogens with one attached hydrogen (secondary N) is 1. The third-order valence-corrected chi connectivity index (χ3v) is 5.52. The molecule has 0 aromatic heterocycles. The second kappa shape index (κ2) is 9.54. The molecule has 4 rings (SSSR count). The second-order valence-electron chi connectivity index (χ2n) is 7.88. The van der Waals surface area contributed by atoms with E-state index in [1.54, 1.807) is 46.2 Å². The van der Waals surface area contributed by atoms with Gasteiger partial charge in [0.05, 0.1) is 16.9 Å². The summed E-state index contributed by atoms with van der Waals surface area (Å²) in [6.45, 7) is 1.29. The zero-order valence-corrected chi connectivity index (χ0v) is 18.0. The quantitative estimate of drug-likeness (QED) is 0.469. The Balaban J connectivity index is 1.51. The monoisotopic (exact) mass is 471 g/mol. The van der Waals surface area contributed by atoms with Crippen molar-refractivity contribution in [1.82, 2.24) is 4.90 Å². The molecule has 0 aliphatic carbocycles. The maximum atomic E-state index is 13.2. The zero-order valence-electron chi connectivity index (χ0n) is 18.0. The third-order valence-electron chi connectivity index (χ3n) is 5.52. The highest BCUT2D eigenvalue weighted by Crippen LogP contribution is 2.31. The van der Waals surface area contributed by atoms with Gasteiger partial charge in [-0.1, -0.05) is 24.3 Å². The van der Waals surface area contributed by atoms with E-state index in [2.05, 4.69) is 5.32 Å². The van der Waals surface area contributed by atoms with Crippen molar-refractivity contribution in [2.75, 3.05) is 23.3 Å². The number of rotatable bonds is 5. The Hall–Kier alpha value is -3.88. The van der Waals surface area contributed by atoms with Crippen molar-refractivity contribution in [2.45, 2.75) is 19.1 Å². The van der Waals surface area contributed by atoms with E-state index in [1.165, 1.54) is 12.1 Å². The van der Waals surface area contributed by atoms with E-state index < -0.39 is 17.6 Å². The van der Waals surface area contributed by atoms with E-state index in [4.69, 9.17) is 0 Å². The maximum absolute atomic E-state index is 13.2. The fraction of sp³-hybridized carbons (Fsp3) is 0.200. The van der Waals surface area contributed by atoms with Crippen LogP contribution in [0.25, 0.3) is 0 Å². The number of amides is 3. The number of nitrogens with zero attached hydrogens (tertiary/aromatic N) is 2. The maximum Gasteiger partial charge on any atom is 0.416 e. The first-order valence-corrected chi connectivity index (χ1v) is 10.6. The Morgan fingerprint density at radius 3 is 2.26 bits per heavy atom. The molecule has 1 aliphatic heterocycles. The number of para-hydroxylation sites is 2. The standard InChI is InChI=1S/C25H21F4N3O2/c26-20-12-6-17(7-13-20)16-31-14-3-15-32(24(31)34)22-5-2-1-4-21(22)30-23(33)18-8-10-19(11-9-18)25(27,28)29/h1-2,4-13H,3,14-16H2,(H,30,33). The van der Waals surface area contributed by atoms with Gasteiger partial charge in [0.2, 0.25) is 0 Å². The van der Waals surface area contributed by atoms with Crippen molar-refractivity contribution in [3.63, 3.8) is 0 Å². The van der Waals surface area contributed by atoms with Crippen LogP contribution in [0.15, 0.2) is 72.8 Å². The summed E-state index contributed by atoms with van der Waals surface area (Å²) in [5.41, 5.74) is 0.858. The third kappa shape index (κ3) is 5.19. The first-order chi connectivity index (χ1) is 16.2. The van der Waals surface area contributed by atoms with Crippen molar-refractivity contribution in [3.8, 4) is 0 Å². The fourth-order valence-corrected chi connectivity index (χ4v) is 3.78. The summed E-state index contributed by atoms with van der Waals surface area (Å²) in [6, 6.07) is 16.3. The molecule has 0 unspecified atom stereocenters. The molecule has 1 aliphatic rings. The van der Waals surface area contributed by atoms with Crippen molar-refractivity contribution < 1.29 is 27.2 Å². The summed E-state index contributed by atoms with van der Waals surface area (Å²) in [4.78, 5) is 29.1. The average Bonchev–Trinajstić information content (AvgIpc) is 2.82. The zero-order chi connectivity index (χ0) is 24.3. The first-order valence-electron chi connectivity index (χ1n) is 10.6. The van der Waals surface area contributed by atoms with Gasteiger partial charge in [0.1, 0.15) is 5.82 Å². The summed E-state index contributed by atoms with van der Waals surface area (Å²) >= 11 is 0. The number of carbonyl (C=O) groups excluding carboxylic acids is 2. The van der Waals surface area contributed by atoms with Crippen LogP contribution >= 0.6 is 0 Å². The van der Waals surface area contributed by atoms with Gasteiger partial charge in [0, 0.05) is 25.2 Å². The molecular weight excluding hydrogens is 450 g/mol. The number of hydrogen-bond donors (Lipinski definition) is 1. The number of anilines is 2. The number of benzene rings is 3. The Bertz CT molecular complexity index is 1180. The summed E-state index contributed by atoms with van der Waals surface area (Å²) in [5.74, 6) is -0.943. The smallest absolute Gasteiger partial charge is 0.320 e. The van der Waals surface area contributed by atoms with Crippen LogP contribution in [0.5, 0.6) is 0 Å². The average molecular weight is 471 g/mol. The van der Waals surface area contributed by atoms with Gasteiger partial charge in [-0.3, -0.25) is 9.69 Å². The summed E-state index contributed by atoms with van der Waals surface area (Å²) in [6.07, 6.45) is -3.80. The van der Waals surface area contributed by atoms with Crippen molar-refractivity contribution in [3.05, 3.63) is 95.3 Å². The SMILES string of the molecule is O=C(Nc1ccccc1N1CCCN(Cc2ccc(F)cc2)C1=O)c1ccc(C(F)(F)F)cc1. The number of urea groups is 1. The molecule has 3 aromatic rings. The Kier molecular flexibility index (Phi) is 6.54. The van der Waals surface area contributed by atoms with Crippen molar-refractivity contribution >= 4 is 23.3 Å². The van der Waals surface area contributed by atoms with Gasteiger partial charge >= 0.3 is 12.2 Å². The molecule has 0 bridgehead atoms. The van der Waals surface area contributed by atoms with Crippen LogP contribution in [-0.2, 0) is 12.7 Å². The molecule has 0 radical (unpaired) electrons. The molecule has 0 saturated carbocycles. The van der Waals surface area contributed by atoms with E-state index >= 15 is 0 Å². The number of alkyl halides is 3. The molecule has 5 nitrogen and oxygen atoms in total. The lowest BCUT2D eigenvalue weighted by molar-refractivity contribution is -0.137. The van der Waals surface area contributed by atoms with Crippen molar-refractivity contribution in [1.29, 1.82) is 0 Å². The van der Waals surface area contributed by atoms with E-state index in [-0.39, 0.29) is 17.4 Å². The Labute approximate surface area is 193 Å². The predicted molar refractivity (Wildman–Crippen MR) is 120 cm³/mol. The normalized spacial score (nSPS) is 14.3. The van der Waals surface area contributed by atoms with Crippen LogP contribution < -0.4 is 10.2 Å². The molecular formula is C25H21F4N3O2. The Morgan fingerprint density at radius 1 is 0.912 bits per heavy atom. The topological polar surface area (TPSA) is 52.7 Å². The lowest BCUT2D eigenvalue weighted by atomic mass is 10.1. The van der Waals surface area contributed by atoms with Gasteiger partial charge in [-0.25, -0.2) is 9.18 Å². The highest BCUT2D eigenvalue weighted by molar-refractivity contribution is 6.07. The largest absolute Gasteiger partial charge is 0.416 e. The van der Waals surface area contributed by atoms with E-state index in [9.17, 15) is 27.2 Å². The van der Waals surface area contributed by atoms with Crippen LogP contribution in [0.1, 0.15) is 27.9 Å². The first kappa shape index (κ1) is 23.3. The van der Waals surface area contributed by atoms with Crippen LogP contribution in [-0.4, -0.2) is 29.9 Å². The second-order valence-corrected chi connectivity index (χ2v) is 7.88. The van der Waals surface area contributed by atoms with Crippen LogP contribution in [0.2, 0.25) is 0 Å². The van der Waals surface area contributed by atoms with Crippen LogP contribution in [0, 0.1) is 5.82 Å². The van der Waals surface area contributed by atoms with Gasteiger partial charge < -0.3 is 10.2 Å². The minimum atomic E-state index is -4.49. The lowest BCUT2D eigenvalue weighted by Gasteiger charge is -2.36. The molecule has 0 atom stereocenters. The molecule has 176 valence electrons. The molecule has 0 spiro atoms. The molecule has 1 saturated heterocycles.